The lowest BCUT2D eigenvalue weighted by molar-refractivity contribution is -0.137. The summed E-state index contributed by atoms with van der Waals surface area (Å²) in [4.78, 5) is 17.3. The minimum Gasteiger partial charge on any atom is -0.344 e. The number of carbonyl (C=O) groups is 1. The summed E-state index contributed by atoms with van der Waals surface area (Å²) in [5, 5.41) is 5.80. The number of alkyl halides is 3. The maximum absolute atomic E-state index is 13.3. The Morgan fingerprint density at radius 1 is 1.24 bits per heavy atom. The van der Waals surface area contributed by atoms with Gasteiger partial charge >= 0.3 is 6.18 Å². The van der Waals surface area contributed by atoms with Crippen molar-refractivity contribution in [1.29, 1.82) is 0 Å². The summed E-state index contributed by atoms with van der Waals surface area (Å²) >= 11 is 6.01. The van der Waals surface area contributed by atoms with E-state index in [-0.39, 0.29) is 11.6 Å². The summed E-state index contributed by atoms with van der Waals surface area (Å²) in [6.07, 6.45) is 1.68. The van der Waals surface area contributed by atoms with Gasteiger partial charge in [-0.2, -0.15) is 13.2 Å². The third-order valence-corrected chi connectivity index (χ3v) is 6.35. The van der Waals surface area contributed by atoms with Gasteiger partial charge in [-0.1, -0.05) is 42.3 Å². The SMILES string of the molecule is Cn1cncc1-c1cccc([C@H](NC(=O)c2cccc(C(F)(F)F)c2Cl)[C@@H]2CCCCN2)c1. The molecule has 0 unspecified atom stereocenters. The number of amides is 1. The van der Waals surface area contributed by atoms with E-state index < -0.39 is 28.7 Å². The number of imidazole rings is 1. The number of nitrogens with one attached hydrogen (secondary N) is 2. The summed E-state index contributed by atoms with van der Waals surface area (Å²) in [5.41, 5.74) is 1.47. The van der Waals surface area contributed by atoms with Gasteiger partial charge in [-0.05, 0) is 43.1 Å². The highest BCUT2D eigenvalue weighted by atomic mass is 35.5. The Labute approximate surface area is 195 Å². The molecule has 5 nitrogen and oxygen atoms in total. The molecule has 1 saturated heterocycles. The summed E-state index contributed by atoms with van der Waals surface area (Å²) in [6, 6.07) is 10.6. The van der Waals surface area contributed by atoms with Crippen LogP contribution in [0, 0.1) is 0 Å². The molecule has 0 aliphatic carbocycles. The van der Waals surface area contributed by atoms with Crippen molar-refractivity contribution in [1.82, 2.24) is 20.2 Å². The smallest absolute Gasteiger partial charge is 0.344 e. The first-order chi connectivity index (χ1) is 15.8. The van der Waals surface area contributed by atoms with Crippen LogP contribution < -0.4 is 10.6 Å². The van der Waals surface area contributed by atoms with Crippen LogP contribution in [0.4, 0.5) is 13.2 Å². The molecule has 2 heterocycles. The number of rotatable bonds is 5. The van der Waals surface area contributed by atoms with Gasteiger partial charge in [-0.15, -0.1) is 0 Å². The highest BCUT2D eigenvalue weighted by Gasteiger charge is 2.35. The fraction of sp³-hybridized carbons (Fsp3) is 0.333. The van der Waals surface area contributed by atoms with Crippen LogP contribution >= 0.6 is 11.6 Å². The highest BCUT2D eigenvalue weighted by molar-refractivity contribution is 6.34. The van der Waals surface area contributed by atoms with E-state index in [9.17, 15) is 18.0 Å². The zero-order valence-electron chi connectivity index (χ0n) is 18.0. The minimum atomic E-state index is -4.64. The normalized spacial score (nSPS) is 17.5. The first-order valence-electron chi connectivity index (χ1n) is 10.7. The second-order valence-corrected chi connectivity index (χ2v) is 8.57. The number of carbonyl (C=O) groups excluding carboxylic acids is 1. The van der Waals surface area contributed by atoms with Crippen LogP contribution in [0.1, 0.15) is 46.8 Å². The second kappa shape index (κ2) is 9.57. The number of hydrogen-bond donors (Lipinski definition) is 2. The number of benzene rings is 2. The number of aromatic nitrogens is 2. The van der Waals surface area contributed by atoms with Crippen molar-refractivity contribution in [2.24, 2.45) is 7.05 Å². The number of halogens is 4. The molecule has 9 heteroatoms. The number of nitrogens with zero attached hydrogens (tertiary/aromatic N) is 2. The molecule has 1 aliphatic heterocycles. The van der Waals surface area contributed by atoms with E-state index in [2.05, 4.69) is 15.6 Å². The van der Waals surface area contributed by atoms with E-state index in [0.29, 0.717) is 0 Å². The van der Waals surface area contributed by atoms with Gasteiger partial charge < -0.3 is 15.2 Å². The zero-order valence-corrected chi connectivity index (χ0v) is 18.7. The molecule has 3 aromatic rings. The van der Waals surface area contributed by atoms with E-state index in [4.69, 9.17) is 11.6 Å². The molecule has 0 spiro atoms. The van der Waals surface area contributed by atoms with Crippen LogP contribution in [0.2, 0.25) is 5.02 Å². The van der Waals surface area contributed by atoms with Gasteiger partial charge in [-0.3, -0.25) is 4.79 Å². The summed E-state index contributed by atoms with van der Waals surface area (Å²) in [6.45, 7) is 0.808. The highest BCUT2D eigenvalue weighted by Crippen LogP contribution is 2.36. The van der Waals surface area contributed by atoms with Crippen molar-refractivity contribution in [3.63, 3.8) is 0 Å². The van der Waals surface area contributed by atoms with Crippen LogP contribution in [-0.2, 0) is 13.2 Å². The monoisotopic (exact) mass is 476 g/mol. The van der Waals surface area contributed by atoms with Gasteiger partial charge in [0, 0.05) is 18.7 Å². The molecule has 2 aromatic carbocycles. The van der Waals surface area contributed by atoms with Gasteiger partial charge in [0.1, 0.15) is 0 Å². The number of piperidine rings is 1. The van der Waals surface area contributed by atoms with Gasteiger partial charge in [0.2, 0.25) is 0 Å². The first kappa shape index (κ1) is 23.3. The topological polar surface area (TPSA) is 59.0 Å². The predicted octanol–water partition coefficient (Wildman–Crippen LogP) is 5.37. The molecule has 33 heavy (non-hydrogen) atoms. The van der Waals surface area contributed by atoms with Crippen molar-refractivity contribution in [2.45, 2.75) is 37.5 Å². The van der Waals surface area contributed by atoms with E-state index in [1.54, 1.807) is 12.5 Å². The van der Waals surface area contributed by atoms with Crippen molar-refractivity contribution >= 4 is 17.5 Å². The van der Waals surface area contributed by atoms with Gasteiger partial charge in [0.25, 0.3) is 5.91 Å². The number of aryl methyl sites for hydroxylation is 1. The molecule has 2 N–H and O–H groups in total. The summed E-state index contributed by atoms with van der Waals surface area (Å²) < 4.78 is 41.8. The quantitative estimate of drug-likeness (QED) is 0.520. The van der Waals surface area contributed by atoms with E-state index in [0.717, 1.165) is 48.7 Å². The average Bonchev–Trinajstić information content (AvgIpc) is 3.23. The lowest BCUT2D eigenvalue weighted by Gasteiger charge is -2.32. The lowest BCUT2D eigenvalue weighted by atomic mass is 9.91. The Kier molecular flexibility index (Phi) is 6.76. The van der Waals surface area contributed by atoms with Crippen molar-refractivity contribution in [2.75, 3.05) is 6.54 Å². The minimum absolute atomic E-state index is 0.0611. The van der Waals surface area contributed by atoms with E-state index in [1.807, 2.05) is 35.9 Å². The third-order valence-electron chi connectivity index (χ3n) is 5.94. The van der Waals surface area contributed by atoms with Gasteiger partial charge in [0.05, 0.1) is 40.4 Å². The van der Waals surface area contributed by atoms with Gasteiger partial charge in [-0.25, -0.2) is 4.98 Å². The standard InChI is InChI=1S/C24H24ClF3N4O/c1-32-14-29-13-20(32)15-6-4-7-16(12-15)22(19-10-2-3-11-30-19)31-23(33)17-8-5-9-18(21(17)25)24(26,27)28/h4-9,12-14,19,22,30H,2-3,10-11H2,1H3,(H,31,33)/t19-,22-/m0/s1. The van der Waals surface area contributed by atoms with Crippen molar-refractivity contribution < 1.29 is 18.0 Å². The molecule has 1 fully saturated rings. The molecule has 1 aliphatic rings. The molecule has 4 rings (SSSR count). The molecular weight excluding hydrogens is 453 g/mol. The molecular formula is C24H24ClF3N4O. The Bertz CT molecular complexity index is 1140. The van der Waals surface area contributed by atoms with Crippen LogP contribution in [0.5, 0.6) is 0 Å². The zero-order chi connectivity index (χ0) is 23.6. The van der Waals surface area contributed by atoms with E-state index >= 15 is 0 Å². The molecule has 1 amide bonds. The largest absolute Gasteiger partial charge is 0.417 e. The fourth-order valence-corrected chi connectivity index (χ4v) is 4.57. The van der Waals surface area contributed by atoms with Crippen LogP contribution in [0.25, 0.3) is 11.3 Å². The Morgan fingerprint density at radius 3 is 2.70 bits per heavy atom. The molecule has 2 atom stereocenters. The Hall–Kier alpha value is -2.84. The molecule has 1 aromatic heterocycles. The predicted molar refractivity (Wildman–Crippen MR) is 121 cm³/mol. The summed E-state index contributed by atoms with van der Waals surface area (Å²) in [7, 11) is 1.90. The van der Waals surface area contributed by atoms with E-state index in [1.165, 1.54) is 12.1 Å². The molecule has 0 saturated carbocycles. The molecule has 0 radical (unpaired) electrons. The van der Waals surface area contributed by atoms with Crippen molar-refractivity contribution in [3.05, 3.63) is 76.7 Å². The third kappa shape index (κ3) is 5.07. The number of hydrogen-bond acceptors (Lipinski definition) is 3. The van der Waals surface area contributed by atoms with Crippen LogP contribution in [0.3, 0.4) is 0 Å². The molecule has 174 valence electrons. The Morgan fingerprint density at radius 2 is 2.03 bits per heavy atom. The Balaban J connectivity index is 1.68. The maximum atomic E-state index is 13.3. The fourth-order valence-electron chi connectivity index (χ4n) is 4.25. The maximum Gasteiger partial charge on any atom is 0.417 e. The summed E-state index contributed by atoms with van der Waals surface area (Å²) in [5.74, 6) is -0.644. The second-order valence-electron chi connectivity index (χ2n) is 8.19. The average molecular weight is 477 g/mol. The van der Waals surface area contributed by atoms with Crippen LogP contribution in [0.15, 0.2) is 55.0 Å². The van der Waals surface area contributed by atoms with Gasteiger partial charge in [0.15, 0.2) is 0 Å². The molecule has 0 bridgehead atoms. The van der Waals surface area contributed by atoms with Crippen molar-refractivity contribution in [3.8, 4) is 11.3 Å². The lowest BCUT2D eigenvalue weighted by Crippen LogP contribution is -2.46. The first-order valence-corrected chi connectivity index (χ1v) is 11.1. The van der Waals surface area contributed by atoms with Crippen LogP contribution in [-0.4, -0.2) is 28.0 Å².